The van der Waals surface area contributed by atoms with E-state index >= 15 is 0 Å². The molecule has 1 saturated heterocycles. The number of aromatic nitrogens is 4. The molecular formula is C12H20N4O4. The number of hydrogen-bond acceptors (Lipinski definition) is 6. The fourth-order valence-corrected chi connectivity index (χ4v) is 2.32. The van der Waals surface area contributed by atoms with Crippen molar-refractivity contribution in [3.63, 3.8) is 0 Å². The summed E-state index contributed by atoms with van der Waals surface area (Å²) in [6, 6.07) is 0. The number of hydrogen-bond donors (Lipinski definition) is 1. The van der Waals surface area contributed by atoms with Crippen molar-refractivity contribution in [2.75, 3.05) is 20.3 Å². The van der Waals surface area contributed by atoms with E-state index in [0.717, 1.165) is 0 Å². The number of carboxylic acids is 1. The Kier molecular flexibility index (Phi) is 4.05. The van der Waals surface area contributed by atoms with E-state index in [-0.39, 0.29) is 6.54 Å². The van der Waals surface area contributed by atoms with Crippen LogP contribution in [0.5, 0.6) is 0 Å². The first-order valence-corrected chi connectivity index (χ1v) is 6.54. The smallest absolute Gasteiger partial charge is 0.311 e. The molecular weight excluding hydrogens is 264 g/mol. The van der Waals surface area contributed by atoms with Crippen LogP contribution in [0.15, 0.2) is 0 Å². The van der Waals surface area contributed by atoms with Gasteiger partial charge >= 0.3 is 5.97 Å². The lowest BCUT2D eigenvalue weighted by Crippen LogP contribution is -2.42. The van der Waals surface area contributed by atoms with Gasteiger partial charge in [0.15, 0.2) is 5.82 Å². The molecule has 1 aliphatic rings. The van der Waals surface area contributed by atoms with Gasteiger partial charge in [0.25, 0.3) is 0 Å². The van der Waals surface area contributed by atoms with Crippen molar-refractivity contribution in [1.29, 1.82) is 0 Å². The molecule has 0 spiro atoms. The third-order valence-electron chi connectivity index (χ3n) is 3.94. The van der Waals surface area contributed by atoms with Crippen molar-refractivity contribution < 1.29 is 19.4 Å². The number of nitrogens with zero attached hydrogens (tertiary/aromatic N) is 4. The molecule has 112 valence electrons. The van der Waals surface area contributed by atoms with E-state index in [2.05, 4.69) is 15.5 Å². The maximum absolute atomic E-state index is 11.7. The summed E-state index contributed by atoms with van der Waals surface area (Å²) in [6.45, 7) is 4.79. The van der Waals surface area contributed by atoms with E-state index in [4.69, 9.17) is 9.47 Å². The summed E-state index contributed by atoms with van der Waals surface area (Å²) >= 11 is 0. The fraction of sp³-hybridized carbons (Fsp3) is 0.833. The molecule has 8 heteroatoms. The van der Waals surface area contributed by atoms with Gasteiger partial charge in [-0.05, 0) is 37.1 Å². The molecule has 1 fully saturated rings. The Balaban J connectivity index is 2.29. The zero-order valence-corrected chi connectivity index (χ0v) is 12.0. The van der Waals surface area contributed by atoms with Gasteiger partial charge in [-0.25, -0.2) is 4.68 Å². The summed E-state index contributed by atoms with van der Waals surface area (Å²) in [4.78, 5) is 11.7. The summed E-state index contributed by atoms with van der Waals surface area (Å²) in [5.74, 6) is -0.315. The number of tetrazole rings is 1. The van der Waals surface area contributed by atoms with E-state index in [1.54, 1.807) is 7.11 Å². The third-order valence-corrected chi connectivity index (χ3v) is 3.94. The SMILES string of the molecule is COC(C)(C)c1nnnn1CC1(C(=O)O)CCOCC1. The molecule has 0 aliphatic carbocycles. The number of ether oxygens (including phenoxy) is 2. The summed E-state index contributed by atoms with van der Waals surface area (Å²) in [5, 5.41) is 21.1. The van der Waals surface area contributed by atoms with Crippen LogP contribution in [-0.2, 0) is 26.4 Å². The molecule has 0 aromatic carbocycles. The van der Waals surface area contributed by atoms with Gasteiger partial charge in [-0.3, -0.25) is 4.79 Å². The van der Waals surface area contributed by atoms with Crippen LogP contribution < -0.4 is 0 Å². The molecule has 0 unspecified atom stereocenters. The molecule has 0 atom stereocenters. The van der Waals surface area contributed by atoms with Gasteiger partial charge in [0.05, 0.1) is 12.0 Å². The minimum absolute atomic E-state index is 0.223. The predicted molar refractivity (Wildman–Crippen MR) is 68.0 cm³/mol. The molecule has 0 amide bonds. The minimum Gasteiger partial charge on any atom is -0.481 e. The largest absolute Gasteiger partial charge is 0.481 e. The van der Waals surface area contributed by atoms with Crippen molar-refractivity contribution in [2.45, 2.75) is 38.8 Å². The molecule has 2 heterocycles. The van der Waals surface area contributed by atoms with Crippen LogP contribution >= 0.6 is 0 Å². The molecule has 20 heavy (non-hydrogen) atoms. The summed E-state index contributed by atoms with van der Waals surface area (Å²) in [7, 11) is 1.57. The van der Waals surface area contributed by atoms with Crippen molar-refractivity contribution in [1.82, 2.24) is 20.2 Å². The zero-order chi connectivity index (χ0) is 14.8. The zero-order valence-electron chi connectivity index (χ0n) is 12.0. The number of rotatable bonds is 5. The van der Waals surface area contributed by atoms with Crippen LogP contribution in [0.3, 0.4) is 0 Å². The van der Waals surface area contributed by atoms with E-state index in [9.17, 15) is 9.90 Å². The highest BCUT2D eigenvalue weighted by molar-refractivity contribution is 5.74. The van der Waals surface area contributed by atoms with Crippen LogP contribution in [0.4, 0.5) is 0 Å². The standard InChI is InChI=1S/C12H20N4O4/c1-11(2,19-3)9-13-14-15-16(9)8-12(10(17)18)4-6-20-7-5-12/h4-8H2,1-3H3,(H,17,18). The number of carboxylic acid groups (broad SMARTS) is 1. The maximum atomic E-state index is 11.7. The highest BCUT2D eigenvalue weighted by Gasteiger charge is 2.42. The van der Waals surface area contributed by atoms with Gasteiger partial charge in [-0.2, -0.15) is 0 Å². The lowest BCUT2D eigenvalue weighted by atomic mass is 9.80. The van der Waals surface area contributed by atoms with Crippen LogP contribution in [-0.4, -0.2) is 51.6 Å². The third kappa shape index (κ3) is 2.66. The molecule has 0 radical (unpaired) electrons. The van der Waals surface area contributed by atoms with Gasteiger partial charge in [-0.15, -0.1) is 5.10 Å². The van der Waals surface area contributed by atoms with Gasteiger partial charge in [0.2, 0.25) is 0 Å². The Bertz CT molecular complexity index is 480. The summed E-state index contributed by atoms with van der Waals surface area (Å²) < 4.78 is 12.2. The second-order valence-electron chi connectivity index (χ2n) is 5.57. The van der Waals surface area contributed by atoms with Crippen LogP contribution in [0.25, 0.3) is 0 Å². The second kappa shape index (κ2) is 5.45. The van der Waals surface area contributed by atoms with Crippen molar-refractivity contribution >= 4 is 5.97 Å². The predicted octanol–water partition coefficient (Wildman–Crippen LogP) is 0.436. The molecule has 8 nitrogen and oxygen atoms in total. The minimum atomic E-state index is -0.883. The lowest BCUT2D eigenvalue weighted by Gasteiger charge is -2.33. The first-order chi connectivity index (χ1) is 9.41. The van der Waals surface area contributed by atoms with E-state index < -0.39 is 17.0 Å². The van der Waals surface area contributed by atoms with E-state index in [1.165, 1.54) is 4.68 Å². The van der Waals surface area contributed by atoms with Gasteiger partial charge in [-0.1, -0.05) is 0 Å². The van der Waals surface area contributed by atoms with Crippen LogP contribution in [0.2, 0.25) is 0 Å². The van der Waals surface area contributed by atoms with Crippen molar-refractivity contribution in [3.8, 4) is 0 Å². The molecule has 2 rings (SSSR count). The number of methoxy groups -OCH3 is 1. The van der Waals surface area contributed by atoms with E-state index in [0.29, 0.717) is 31.9 Å². The lowest BCUT2D eigenvalue weighted by molar-refractivity contribution is -0.156. The Morgan fingerprint density at radius 3 is 2.70 bits per heavy atom. The molecule has 1 N–H and O–H groups in total. The molecule has 1 aromatic rings. The molecule has 0 bridgehead atoms. The Morgan fingerprint density at radius 1 is 1.50 bits per heavy atom. The maximum Gasteiger partial charge on any atom is 0.311 e. The average molecular weight is 284 g/mol. The molecule has 1 aromatic heterocycles. The van der Waals surface area contributed by atoms with Crippen molar-refractivity contribution in [2.24, 2.45) is 5.41 Å². The quantitative estimate of drug-likeness (QED) is 0.837. The Morgan fingerprint density at radius 2 is 2.15 bits per heavy atom. The van der Waals surface area contributed by atoms with Gasteiger partial charge in [0.1, 0.15) is 5.60 Å². The second-order valence-corrected chi connectivity index (χ2v) is 5.57. The van der Waals surface area contributed by atoms with Gasteiger partial charge in [0, 0.05) is 20.3 Å². The summed E-state index contributed by atoms with van der Waals surface area (Å²) in [6.07, 6.45) is 0.907. The number of carbonyl (C=O) groups is 1. The highest BCUT2D eigenvalue weighted by atomic mass is 16.5. The van der Waals surface area contributed by atoms with Crippen molar-refractivity contribution in [3.05, 3.63) is 5.82 Å². The Hall–Kier alpha value is -1.54. The average Bonchev–Trinajstić information content (AvgIpc) is 2.88. The Labute approximate surface area is 117 Å². The number of aliphatic carboxylic acids is 1. The van der Waals surface area contributed by atoms with Crippen LogP contribution in [0, 0.1) is 5.41 Å². The monoisotopic (exact) mass is 284 g/mol. The molecule has 0 saturated carbocycles. The first kappa shape index (κ1) is 14.9. The fourth-order valence-electron chi connectivity index (χ4n) is 2.32. The van der Waals surface area contributed by atoms with Crippen LogP contribution in [0.1, 0.15) is 32.5 Å². The normalized spacial score (nSPS) is 18.9. The highest BCUT2D eigenvalue weighted by Crippen LogP contribution is 2.34. The van der Waals surface area contributed by atoms with E-state index in [1.807, 2.05) is 13.8 Å². The van der Waals surface area contributed by atoms with Gasteiger partial charge < -0.3 is 14.6 Å². The molecule has 1 aliphatic heterocycles. The first-order valence-electron chi connectivity index (χ1n) is 6.54. The topological polar surface area (TPSA) is 99.4 Å². The summed E-state index contributed by atoms with van der Waals surface area (Å²) in [5.41, 5.74) is -1.55.